The summed E-state index contributed by atoms with van der Waals surface area (Å²) in [6.45, 7) is 1.84. The predicted octanol–water partition coefficient (Wildman–Crippen LogP) is 4.16. The molecule has 32 heavy (non-hydrogen) atoms. The largest absolute Gasteiger partial charge is 0.488 e. The maximum Gasteiger partial charge on any atom is 0.244 e. The van der Waals surface area contributed by atoms with Crippen LogP contribution >= 0.6 is 11.6 Å². The average molecular weight is 473 g/mol. The maximum atomic E-state index is 12.7. The van der Waals surface area contributed by atoms with Crippen LogP contribution in [0.2, 0.25) is 5.02 Å². The van der Waals surface area contributed by atoms with Gasteiger partial charge in [0.25, 0.3) is 0 Å². The molecule has 2 aromatic rings. The predicted molar refractivity (Wildman–Crippen MR) is 125 cm³/mol. The normalized spacial score (nSPS) is 16.8. The first-order valence-corrected chi connectivity index (χ1v) is 12.4. The average Bonchev–Trinajstić information content (AvgIpc) is 2.82. The molecule has 1 amide bonds. The van der Waals surface area contributed by atoms with Crippen molar-refractivity contribution in [1.82, 2.24) is 9.62 Å². The third-order valence-electron chi connectivity index (χ3n) is 5.50. The molecule has 0 aromatic heterocycles. The van der Waals surface area contributed by atoms with Crippen molar-refractivity contribution >= 4 is 33.6 Å². The zero-order valence-electron chi connectivity index (χ0n) is 17.6. The van der Waals surface area contributed by atoms with E-state index in [0.29, 0.717) is 36.2 Å². The maximum absolute atomic E-state index is 12.7. The summed E-state index contributed by atoms with van der Waals surface area (Å²) in [5, 5.41) is 3.44. The first-order chi connectivity index (χ1) is 15.4. The number of rotatable bonds is 6. The van der Waals surface area contributed by atoms with Gasteiger partial charge in [-0.05, 0) is 60.4 Å². The lowest BCUT2D eigenvalue weighted by Gasteiger charge is -2.25. The Hall–Kier alpha value is -2.61. The molecule has 0 atom stereocenters. The third kappa shape index (κ3) is 5.41. The number of hydrogen-bond donors (Lipinski definition) is 1. The van der Waals surface area contributed by atoms with Gasteiger partial charge in [0, 0.05) is 36.3 Å². The highest BCUT2D eigenvalue weighted by Crippen LogP contribution is 2.29. The minimum Gasteiger partial charge on any atom is -0.488 e. The van der Waals surface area contributed by atoms with Crippen LogP contribution in [0.4, 0.5) is 0 Å². The van der Waals surface area contributed by atoms with E-state index in [4.69, 9.17) is 16.3 Å². The van der Waals surface area contributed by atoms with Crippen molar-refractivity contribution in [3.05, 3.63) is 76.3 Å². The topological polar surface area (TPSA) is 75.7 Å². The van der Waals surface area contributed by atoms with Gasteiger partial charge in [0.1, 0.15) is 12.4 Å². The molecule has 1 fully saturated rings. The third-order valence-corrected chi connectivity index (χ3v) is 7.65. The SMILES string of the molecule is O=C(/C=C/C1=Cc2cc(Cl)ccc2OC1)NCc1ccc(S(=O)(=O)N2CCCCC2)cc1. The summed E-state index contributed by atoms with van der Waals surface area (Å²) in [7, 11) is -3.45. The number of ether oxygens (including phenoxy) is 1. The Morgan fingerprint density at radius 2 is 1.84 bits per heavy atom. The molecule has 8 heteroatoms. The molecule has 4 rings (SSSR count). The van der Waals surface area contributed by atoms with E-state index in [1.165, 1.54) is 6.08 Å². The first kappa shape index (κ1) is 22.6. The molecule has 1 saturated heterocycles. The van der Waals surface area contributed by atoms with E-state index >= 15 is 0 Å². The summed E-state index contributed by atoms with van der Waals surface area (Å²) in [5.74, 6) is 0.523. The van der Waals surface area contributed by atoms with E-state index in [1.807, 2.05) is 18.2 Å². The minimum absolute atomic E-state index is 0.243. The van der Waals surface area contributed by atoms with Gasteiger partial charge in [-0.2, -0.15) is 4.31 Å². The Morgan fingerprint density at radius 3 is 2.59 bits per heavy atom. The van der Waals surface area contributed by atoms with Gasteiger partial charge in [-0.25, -0.2) is 8.42 Å². The monoisotopic (exact) mass is 472 g/mol. The molecule has 2 aliphatic heterocycles. The van der Waals surface area contributed by atoms with Gasteiger partial charge in [-0.3, -0.25) is 4.79 Å². The molecule has 1 N–H and O–H groups in total. The molecule has 0 radical (unpaired) electrons. The Morgan fingerprint density at radius 1 is 1.09 bits per heavy atom. The fourth-order valence-corrected chi connectivity index (χ4v) is 5.42. The van der Waals surface area contributed by atoms with E-state index in [0.717, 1.165) is 41.7 Å². The summed E-state index contributed by atoms with van der Waals surface area (Å²) in [4.78, 5) is 12.5. The molecule has 0 bridgehead atoms. The number of benzene rings is 2. The Kier molecular flexibility index (Phi) is 6.98. The van der Waals surface area contributed by atoms with E-state index in [1.54, 1.807) is 40.7 Å². The number of hydrogen-bond acceptors (Lipinski definition) is 4. The lowest BCUT2D eigenvalue weighted by Crippen LogP contribution is -2.35. The number of piperidine rings is 1. The molecular formula is C24H25ClN2O4S. The summed E-state index contributed by atoms with van der Waals surface area (Å²) >= 11 is 6.02. The molecule has 2 aromatic carbocycles. The number of halogens is 1. The second kappa shape index (κ2) is 9.90. The van der Waals surface area contributed by atoms with E-state index < -0.39 is 10.0 Å². The fourth-order valence-electron chi connectivity index (χ4n) is 3.73. The molecule has 6 nitrogen and oxygen atoms in total. The van der Waals surface area contributed by atoms with Crippen LogP contribution in [0.15, 0.2) is 65.1 Å². The lowest BCUT2D eigenvalue weighted by molar-refractivity contribution is -0.116. The van der Waals surface area contributed by atoms with Gasteiger partial charge >= 0.3 is 0 Å². The van der Waals surface area contributed by atoms with Crippen molar-refractivity contribution in [2.45, 2.75) is 30.7 Å². The Balaban J connectivity index is 1.32. The van der Waals surface area contributed by atoms with Gasteiger partial charge in [0.2, 0.25) is 15.9 Å². The van der Waals surface area contributed by atoms with Gasteiger partial charge < -0.3 is 10.1 Å². The number of nitrogens with zero attached hydrogens (tertiary/aromatic N) is 1. The van der Waals surface area contributed by atoms with Gasteiger partial charge in [0.15, 0.2) is 0 Å². The molecule has 168 valence electrons. The Labute approximate surface area is 193 Å². The fraction of sp³-hybridized carbons (Fsp3) is 0.292. The molecule has 2 heterocycles. The first-order valence-electron chi connectivity index (χ1n) is 10.6. The van der Waals surface area contributed by atoms with Gasteiger partial charge in [0.05, 0.1) is 4.90 Å². The summed E-state index contributed by atoms with van der Waals surface area (Å²) in [5.41, 5.74) is 2.57. The quantitative estimate of drug-likeness (QED) is 0.640. The van der Waals surface area contributed by atoms with Crippen molar-refractivity contribution in [3.8, 4) is 5.75 Å². The number of carbonyl (C=O) groups is 1. The molecule has 0 saturated carbocycles. The van der Waals surface area contributed by atoms with Crippen molar-refractivity contribution in [1.29, 1.82) is 0 Å². The summed E-state index contributed by atoms with van der Waals surface area (Å²) in [6.07, 6.45) is 7.99. The summed E-state index contributed by atoms with van der Waals surface area (Å²) in [6, 6.07) is 12.1. The molecule has 0 spiro atoms. The van der Waals surface area contributed by atoms with Crippen LogP contribution in [0.25, 0.3) is 6.08 Å². The van der Waals surface area contributed by atoms with Crippen molar-refractivity contribution in [2.24, 2.45) is 0 Å². The van der Waals surface area contributed by atoms with Gasteiger partial charge in [-0.1, -0.05) is 36.2 Å². The second-order valence-electron chi connectivity index (χ2n) is 7.85. The van der Waals surface area contributed by atoms with Crippen molar-refractivity contribution in [3.63, 3.8) is 0 Å². The highest BCUT2D eigenvalue weighted by Gasteiger charge is 2.25. The number of sulfonamides is 1. The number of carbonyl (C=O) groups excluding carboxylic acids is 1. The summed E-state index contributed by atoms with van der Waals surface area (Å²) < 4.78 is 32.7. The van der Waals surface area contributed by atoms with E-state index in [2.05, 4.69) is 5.32 Å². The minimum atomic E-state index is -3.45. The lowest BCUT2D eigenvalue weighted by atomic mass is 10.1. The Bertz CT molecular complexity index is 1150. The van der Waals surface area contributed by atoms with Crippen LogP contribution in [0.5, 0.6) is 5.75 Å². The van der Waals surface area contributed by atoms with Crippen LogP contribution in [0.1, 0.15) is 30.4 Å². The molecule has 0 unspecified atom stereocenters. The molecular weight excluding hydrogens is 448 g/mol. The standard InChI is InChI=1S/C24H25ClN2O4S/c25-21-7-10-23-20(15-21)14-19(17-31-23)6-11-24(28)26-16-18-4-8-22(9-5-18)32(29,30)27-12-2-1-3-13-27/h4-11,14-15H,1-3,12-13,16-17H2,(H,26,28)/b11-6+. The van der Waals surface area contributed by atoms with Crippen LogP contribution in [0, 0.1) is 0 Å². The smallest absolute Gasteiger partial charge is 0.244 e. The van der Waals surface area contributed by atoms with Gasteiger partial charge in [-0.15, -0.1) is 0 Å². The van der Waals surface area contributed by atoms with E-state index in [-0.39, 0.29) is 5.91 Å². The van der Waals surface area contributed by atoms with Crippen molar-refractivity contribution < 1.29 is 17.9 Å². The van der Waals surface area contributed by atoms with Crippen LogP contribution in [0.3, 0.4) is 0 Å². The second-order valence-corrected chi connectivity index (χ2v) is 10.2. The highest BCUT2D eigenvalue weighted by molar-refractivity contribution is 7.89. The molecule has 2 aliphatic rings. The number of nitrogens with one attached hydrogen (secondary N) is 1. The van der Waals surface area contributed by atoms with Crippen LogP contribution in [-0.2, 0) is 21.4 Å². The molecule has 0 aliphatic carbocycles. The van der Waals surface area contributed by atoms with E-state index in [9.17, 15) is 13.2 Å². The highest BCUT2D eigenvalue weighted by atomic mass is 35.5. The van der Waals surface area contributed by atoms with Crippen molar-refractivity contribution in [2.75, 3.05) is 19.7 Å². The van der Waals surface area contributed by atoms with Crippen LogP contribution in [-0.4, -0.2) is 38.3 Å². The zero-order chi connectivity index (χ0) is 22.6. The number of fused-ring (bicyclic) bond motifs is 1. The zero-order valence-corrected chi connectivity index (χ0v) is 19.2. The van der Waals surface area contributed by atoms with Crippen LogP contribution < -0.4 is 10.1 Å². The number of amides is 1.